The molecule has 3 N–H and O–H groups in total. The minimum Gasteiger partial charge on any atom is -0.480 e. The Morgan fingerprint density at radius 3 is 2.25 bits per heavy atom. The number of halogens is 1. The zero-order valence-corrected chi connectivity index (χ0v) is 25.3. The molecule has 0 radical (unpaired) electrons. The molecule has 3 aromatic rings. The van der Waals surface area contributed by atoms with Gasteiger partial charge in [0.25, 0.3) is 16.1 Å². The highest BCUT2D eigenvalue weighted by Gasteiger charge is 2.33. The lowest BCUT2D eigenvalue weighted by atomic mass is 10.0. The summed E-state index contributed by atoms with van der Waals surface area (Å²) in [6.07, 6.45) is 0. The third kappa shape index (κ3) is 7.19. The van der Waals surface area contributed by atoms with Crippen LogP contribution in [0.25, 0.3) is 0 Å². The second-order valence-electron chi connectivity index (χ2n) is 11.1. The average Bonchev–Trinajstić information content (AvgIpc) is 3.01. The molecule has 12 heteroatoms. The molecule has 0 aliphatic carbocycles. The summed E-state index contributed by atoms with van der Waals surface area (Å²) in [5, 5.41) is 12.6. The molecule has 2 aliphatic rings. The first kappa shape index (κ1) is 31.0. The fourth-order valence-electron chi connectivity index (χ4n) is 5.11. The number of nitrogens with one attached hydrogen (secondary N) is 2. The highest BCUT2D eigenvalue weighted by Crippen LogP contribution is 2.25. The molecule has 3 aromatic carbocycles. The Balaban J connectivity index is 1.19. The third-order valence-corrected chi connectivity index (χ3v) is 9.25. The number of amides is 1. The Kier molecular flexibility index (Phi) is 9.20. The van der Waals surface area contributed by atoms with Crippen molar-refractivity contribution in [3.8, 4) is 11.8 Å². The van der Waals surface area contributed by atoms with Crippen LogP contribution in [0.4, 0.5) is 15.8 Å². The van der Waals surface area contributed by atoms with Gasteiger partial charge in [-0.1, -0.05) is 37.8 Å². The third-order valence-electron chi connectivity index (χ3n) is 7.66. The molecule has 1 saturated heterocycles. The summed E-state index contributed by atoms with van der Waals surface area (Å²) in [7, 11) is -3.93. The van der Waals surface area contributed by atoms with Crippen LogP contribution in [0.2, 0.25) is 0 Å². The van der Waals surface area contributed by atoms with E-state index >= 15 is 0 Å². The van der Waals surface area contributed by atoms with Crippen molar-refractivity contribution < 1.29 is 27.5 Å². The number of hydrogen-bond donors (Lipinski definition) is 3. The quantitative estimate of drug-likeness (QED) is 0.331. The Hall–Kier alpha value is -4.44. The van der Waals surface area contributed by atoms with Crippen LogP contribution in [0.3, 0.4) is 0 Å². The van der Waals surface area contributed by atoms with Gasteiger partial charge in [0, 0.05) is 55.2 Å². The van der Waals surface area contributed by atoms with Crippen LogP contribution in [-0.4, -0.2) is 73.5 Å². The number of benzene rings is 3. The van der Waals surface area contributed by atoms with E-state index < -0.39 is 22.2 Å². The molecule has 44 heavy (non-hydrogen) atoms. The topological polar surface area (TPSA) is 122 Å². The normalized spacial score (nSPS) is 16.1. The number of carboxylic acids is 1. The van der Waals surface area contributed by atoms with Crippen molar-refractivity contribution >= 4 is 33.5 Å². The number of carbonyl (C=O) groups excluding carboxylic acids is 1. The maximum atomic E-state index is 13.3. The number of fused-ring (bicyclic) bond motifs is 1. The lowest BCUT2D eigenvalue weighted by molar-refractivity contribution is -0.140. The van der Waals surface area contributed by atoms with Crippen LogP contribution in [0, 0.1) is 23.6 Å². The van der Waals surface area contributed by atoms with Gasteiger partial charge < -0.3 is 20.2 Å². The van der Waals surface area contributed by atoms with Gasteiger partial charge in [-0.25, -0.2) is 4.39 Å². The Morgan fingerprint density at radius 2 is 1.61 bits per heavy atom. The summed E-state index contributed by atoms with van der Waals surface area (Å²) in [5.74, 6) is 4.24. The Bertz CT molecular complexity index is 1690. The highest BCUT2D eigenvalue weighted by molar-refractivity contribution is 7.87. The van der Waals surface area contributed by atoms with Gasteiger partial charge in [-0.2, -0.15) is 17.4 Å². The molecule has 0 spiro atoms. The second kappa shape index (κ2) is 13.1. The van der Waals surface area contributed by atoms with E-state index in [1.165, 1.54) is 16.4 Å². The minimum absolute atomic E-state index is 0.124. The number of carbonyl (C=O) groups is 2. The monoisotopic (exact) mass is 619 g/mol. The summed E-state index contributed by atoms with van der Waals surface area (Å²) in [6.45, 7) is 5.41. The number of rotatable bonds is 8. The van der Waals surface area contributed by atoms with Gasteiger partial charge in [0.05, 0.1) is 12.2 Å². The molecule has 0 bridgehead atoms. The number of anilines is 2. The predicted molar refractivity (Wildman–Crippen MR) is 166 cm³/mol. The summed E-state index contributed by atoms with van der Waals surface area (Å²) in [4.78, 5) is 28.4. The largest absolute Gasteiger partial charge is 0.480 e. The minimum atomic E-state index is -3.93. The van der Waals surface area contributed by atoms with Gasteiger partial charge in [-0.3, -0.25) is 9.59 Å². The fraction of sp³-hybridized carbons (Fsp3) is 0.312. The molecule has 1 fully saturated rings. The van der Waals surface area contributed by atoms with E-state index in [0.717, 1.165) is 22.5 Å². The lowest BCUT2D eigenvalue weighted by Crippen LogP contribution is -2.55. The molecule has 0 saturated carbocycles. The summed E-state index contributed by atoms with van der Waals surface area (Å²) in [6, 6.07) is 18.0. The van der Waals surface area contributed by atoms with Crippen molar-refractivity contribution in [2.75, 3.05) is 43.1 Å². The van der Waals surface area contributed by atoms with Gasteiger partial charge in [0.1, 0.15) is 11.9 Å². The van der Waals surface area contributed by atoms with Gasteiger partial charge in [0.15, 0.2) is 0 Å². The van der Waals surface area contributed by atoms with E-state index in [-0.39, 0.29) is 30.7 Å². The highest BCUT2D eigenvalue weighted by atomic mass is 32.2. The van der Waals surface area contributed by atoms with E-state index in [4.69, 9.17) is 0 Å². The van der Waals surface area contributed by atoms with Gasteiger partial charge in [-0.15, -0.1) is 0 Å². The molecule has 0 aromatic heterocycles. The van der Waals surface area contributed by atoms with Gasteiger partial charge in [0.2, 0.25) is 0 Å². The molecule has 2 heterocycles. The van der Waals surface area contributed by atoms with Crippen molar-refractivity contribution in [2.24, 2.45) is 5.92 Å². The number of nitrogens with zero attached hydrogens (tertiary/aromatic N) is 3. The zero-order valence-electron chi connectivity index (χ0n) is 24.5. The fourth-order valence-corrected chi connectivity index (χ4v) is 6.59. The lowest BCUT2D eigenvalue weighted by Gasteiger charge is -2.36. The maximum Gasteiger partial charge on any atom is 0.322 e. The van der Waals surface area contributed by atoms with E-state index in [1.54, 1.807) is 36.9 Å². The van der Waals surface area contributed by atoms with Crippen molar-refractivity contribution in [2.45, 2.75) is 26.4 Å². The van der Waals surface area contributed by atoms with Crippen LogP contribution in [0.15, 0.2) is 66.7 Å². The van der Waals surface area contributed by atoms with E-state index in [1.807, 2.05) is 36.4 Å². The first-order chi connectivity index (χ1) is 21.0. The maximum absolute atomic E-state index is 13.3. The zero-order chi connectivity index (χ0) is 31.4. The molecule has 1 unspecified atom stereocenters. The molecule has 1 amide bonds. The van der Waals surface area contributed by atoms with Crippen molar-refractivity contribution in [3.63, 3.8) is 0 Å². The molecule has 5 rings (SSSR count). The number of piperazine rings is 1. The van der Waals surface area contributed by atoms with Gasteiger partial charge >= 0.3 is 5.97 Å². The molecular formula is C32H34FN5O5S. The first-order valence-corrected chi connectivity index (χ1v) is 15.7. The molecular weight excluding hydrogens is 585 g/mol. The first-order valence-electron chi connectivity index (χ1n) is 14.3. The van der Waals surface area contributed by atoms with Crippen molar-refractivity contribution in [1.29, 1.82) is 0 Å². The molecule has 2 aliphatic heterocycles. The average molecular weight is 620 g/mol. The molecule has 1 atom stereocenters. The smallest absolute Gasteiger partial charge is 0.322 e. The van der Waals surface area contributed by atoms with Crippen molar-refractivity contribution in [3.05, 3.63) is 94.8 Å². The predicted octanol–water partition coefficient (Wildman–Crippen LogP) is 3.32. The van der Waals surface area contributed by atoms with E-state index in [2.05, 4.69) is 26.8 Å². The van der Waals surface area contributed by atoms with Crippen LogP contribution in [0.1, 0.15) is 40.9 Å². The molecule has 230 valence electrons. The summed E-state index contributed by atoms with van der Waals surface area (Å²) < 4.78 is 42.4. The van der Waals surface area contributed by atoms with Gasteiger partial charge in [-0.05, 0) is 66.1 Å². The van der Waals surface area contributed by atoms with Crippen LogP contribution >= 0.6 is 0 Å². The summed E-state index contributed by atoms with van der Waals surface area (Å²) in [5.41, 5.74) is 4.51. The van der Waals surface area contributed by atoms with E-state index in [9.17, 15) is 27.5 Å². The van der Waals surface area contributed by atoms with Crippen LogP contribution in [0.5, 0.6) is 0 Å². The van der Waals surface area contributed by atoms with E-state index in [0.29, 0.717) is 37.4 Å². The summed E-state index contributed by atoms with van der Waals surface area (Å²) >= 11 is 0. The second-order valence-corrected chi connectivity index (χ2v) is 12.8. The SMILES string of the molecule is CC(C)C(NS(=O)(=O)N1CCN(c2ccc(C#Cc3ccc4c(c3)C(=O)N(Cc3ccc(F)cc3)CN4)cc2)CC1)C(=O)O. The van der Waals surface area contributed by atoms with Crippen LogP contribution < -0.4 is 14.9 Å². The van der Waals surface area contributed by atoms with Crippen LogP contribution in [-0.2, 0) is 21.5 Å². The number of aliphatic carboxylic acids is 1. The van der Waals surface area contributed by atoms with Crippen molar-refractivity contribution in [1.82, 2.24) is 13.9 Å². The number of carboxylic acid groups (broad SMARTS) is 1. The molecule has 10 nitrogen and oxygen atoms in total. The Morgan fingerprint density at radius 1 is 0.977 bits per heavy atom. The standard InChI is InChI=1S/C32H34FN5O5S/c1-22(2)30(32(40)41)35-44(42,43)38-17-15-36(16-18-38)27-12-7-23(8-13-27)3-4-24-9-14-29-28(19-24)31(39)37(21-34-29)20-25-5-10-26(33)11-6-25/h5-14,19,22,30,34-35H,15-18,20-21H2,1-2H3,(H,40,41). The Labute approximate surface area is 256 Å². The number of hydrogen-bond acceptors (Lipinski definition) is 6.